The molecule has 1 aromatic heterocycles. The minimum atomic E-state index is -0.237. The van der Waals surface area contributed by atoms with E-state index in [-0.39, 0.29) is 5.91 Å². The Morgan fingerprint density at radius 1 is 1.22 bits per heavy atom. The minimum Gasteiger partial charge on any atom is -0.322 e. The number of benzene rings is 2. The number of amides is 1. The molecule has 0 atom stereocenters. The minimum absolute atomic E-state index is 0.237. The van der Waals surface area contributed by atoms with Gasteiger partial charge in [0, 0.05) is 22.2 Å². The summed E-state index contributed by atoms with van der Waals surface area (Å²) in [4.78, 5) is 16.6. The molecule has 1 amide bonds. The largest absolute Gasteiger partial charge is 0.322 e. The van der Waals surface area contributed by atoms with Crippen molar-refractivity contribution in [2.45, 2.75) is 6.92 Å². The highest BCUT2D eigenvalue weighted by Crippen LogP contribution is 2.23. The molecule has 3 rings (SSSR count). The first-order valence-electron chi connectivity index (χ1n) is 7.00. The van der Waals surface area contributed by atoms with Crippen LogP contribution in [0.4, 0.5) is 5.69 Å². The lowest BCUT2D eigenvalue weighted by Gasteiger charge is -2.06. The Kier molecular flexibility index (Phi) is 4.18. The monoisotopic (exact) mass is 319 g/mol. The summed E-state index contributed by atoms with van der Waals surface area (Å²) in [6, 6.07) is 16.2. The molecule has 0 aliphatic heterocycles. The van der Waals surface area contributed by atoms with Gasteiger partial charge in [-0.25, -0.2) is 4.98 Å². The van der Waals surface area contributed by atoms with Crippen LogP contribution < -0.4 is 5.32 Å². The van der Waals surface area contributed by atoms with Gasteiger partial charge in [0.05, 0.1) is 22.3 Å². The number of hydrogen-bond donors (Lipinski definition) is 1. The topological polar surface area (TPSA) is 65.8 Å². The molecule has 0 radical (unpaired) electrons. The molecule has 1 heterocycles. The molecule has 0 saturated heterocycles. The molecule has 2 aromatic carbocycles. The maximum atomic E-state index is 12.2. The van der Waals surface area contributed by atoms with Crippen LogP contribution in [0.5, 0.6) is 0 Å². The van der Waals surface area contributed by atoms with Crippen LogP contribution in [0.25, 0.3) is 11.3 Å². The van der Waals surface area contributed by atoms with E-state index < -0.39 is 0 Å². The van der Waals surface area contributed by atoms with Gasteiger partial charge in [-0.15, -0.1) is 11.3 Å². The maximum absolute atomic E-state index is 12.2. The fourth-order valence-corrected chi connectivity index (χ4v) is 2.78. The molecule has 4 nitrogen and oxygen atoms in total. The molecule has 1 N–H and O–H groups in total. The predicted octanol–water partition coefficient (Wildman–Crippen LogP) is 4.24. The van der Waals surface area contributed by atoms with Gasteiger partial charge in [0.15, 0.2) is 0 Å². The van der Waals surface area contributed by atoms with Crippen LogP contribution >= 0.6 is 11.3 Å². The Balaban J connectivity index is 1.75. The van der Waals surface area contributed by atoms with E-state index in [0.717, 1.165) is 16.3 Å². The second kappa shape index (κ2) is 6.42. The standard InChI is InChI=1S/C18H13N3OS/c1-12-20-17(11-23-12)14-5-7-16(8-6-14)21-18(22)15-4-2-3-13(9-15)10-19/h2-9,11H,1H3,(H,21,22). The lowest BCUT2D eigenvalue weighted by atomic mass is 10.1. The van der Waals surface area contributed by atoms with Gasteiger partial charge in [-0.1, -0.05) is 18.2 Å². The fourth-order valence-electron chi connectivity index (χ4n) is 2.15. The zero-order chi connectivity index (χ0) is 16.2. The molecular weight excluding hydrogens is 306 g/mol. The lowest BCUT2D eigenvalue weighted by molar-refractivity contribution is 0.102. The highest BCUT2D eigenvalue weighted by atomic mass is 32.1. The number of anilines is 1. The average Bonchev–Trinajstić information content (AvgIpc) is 3.02. The van der Waals surface area contributed by atoms with Crippen LogP contribution in [0, 0.1) is 18.3 Å². The summed E-state index contributed by atoms with van der Waals surface area (Å²) in [5.41, 5.74) is 3.58. The lowest BCUT2D eigenvalue weighted by Crippen LogP contribution is -2.11. The van der Waals surface area contributed by atoms with E-state index in [2.05, 4.69) is 10.3 Å². The van der Waals surface area contributed by atoms with Crippen molar-refractivity contribution in [3.05, 3.63) is 70.0 Å². The Bertz CT molecular complexity index is 891. The normalized spacial score (nSPS) is 10.1. The summed E-state index contributed by atoms with van der Waals surface area (Å²) < 4.78 is 0. The Morgan fingerprint density at radius 3 is 2.65 bits per heavy atom. The zero-order valence-electron chi connectivity index (χ0n) is 12.4. The molecule has 5 heteroatoms. The quantitative estimate of drug-likeness (QED) is 0.785. The van der Waals surface area contributed by atoms with Gasteiger partial charge in [0.25, 0.3) is 5.91 Å². The van der Waals surface area contributed by atoms with Gasteiger partial charge in [0.2, 0.25) is 0 Å². The summed E-state index contributed by atoms with van der Waals surface area (Å²) in [7, 11) is 0. The van der Waals surface area contributed by atoms with Crippen LogP contribution in [0.15, 0.2) is 53.9 Å². The highest BCUT2D eigenvalue weighted by Gasteiger charge is 2.07. The summed E-state index contributed by atoms with van der Waals surface area (Å²) in [5, 5.41) is 14.7. The molecule has 0 aliphatic rings. The van der Waals surface area contributed by atoms with Crippen LogP contribution in [-0.2, 0) is 0 Å². The first kappa shape index (κ1) is 14.9. The zero-order valence-corrected chi connectivity index (χ0v) is 13.2. The number of nitriles is 1. The van der Waals surface area contributed by atoms with Gasteiger partial charge < -0.3 is 5.32 Å². The van der Waals surface area contributed by atoms with Crippen molar-refractivity contribution in [2.75, 3.05) is 5.32 Å². The fraction of sp³-hybridized carbons (Fsp3) is 0.0556. The van der Waals surface area contributed by atoms with Crippen molar-refractivity contribution in [3.63, 3.8) is 0 Å². The van der Waals surface area contributed by atoms with Crippen molar-refractivity contribution in [3.8, 4) is 17.3 Å². The molecule has 0 bridgehead atoms. The van der Waals surface area contributed by atoms with E-state index >= 15 is 0 Å². The number of carbonyl (C=O) groups excluding carboxylic acids is 1. The number of carbonyl (C=O) groups is 1. The van der Waals surface area contributed by atoms with Gasteiger partial charge in [-0.05, 0) is 37.3 Å². The number of aryl methyl sites for hydroxylation is 1. The van der Waals surface area contributed by atoms with Crippen molar-refractivity contribution in [1.82, 2.24) is 4.98 Å². The van der Waals surface area contributed by atoms with E-state index in [1.54, 1.807) is 35.6 Å². The highest BCUT2D eigenvalue weighted by molar-refractivity contribution is 7.09. The third-order valence-electron chi connectivity index (χ3n) is 3.31. The second-order valence-corrected chi connectivity index (χ2v) is 6.04. The Labute approximate surface area is 138 Å². The molecule has 0 unspecified atom stereocenters. The SMILES string of the molecule is Cc1nc(-c2ccc(NC(=O)c3cccc(C#N)c3)cc2)cs1. The second-order valence-electron chi connectivity index (χ2n) is 4.98. The van der Waals surface area contributed by atoms with Crippen LogP contribution in [-0.4, -0.2) is 10.9 Å². The maximum Gasteiger partial charge on any atom is 0.255 e. The number of hydrogen-bond acceptors (Lipinski definition) is 4. The van der Waals surface area contributed by atoms with Gasteiger partial charge in [0.1, 0.15) is 0 Å². The number of thiazole rings is 1. The molecule has 0 saturated carbocycles. The third kappa shape index (κ3) is 3.44. The Hall–Kier alpha value is -2.97. The molecular formula is C18H13N3OS. The number of nitrogens with zero attached hydrogens (tertiary/aromatic N) is 2. The van der Waals surface area contributed by atoms with E-state index in [4.69, 9.17) is 5.26 Å². The van der Waals surface area contributed by atoms with Crippen molar-refractivity contribution in [1.29, 1.82) is 5.26 Å². The third-order valence-corrected chi connectivity index (χ3v) is 4.08. The van der Waals surface area contributed by atoms with E-state index in [9.17, 15) is 4.79 Å². The van der Waals surface area contributed by atoms with Crippen LogP contribution in [0.3, 0.4) is 0 Å². The van der Waals surface area contributed by atoms with Crippen molar-refractivity contribution < 1.29 is 4.79 Å². The molecule has 0 spiro atoms. The first-order chi connectivity index (χ1) is 11.2. The molecule has 112 valence electrons. The van der Waals surface area contributed by atoms with Crippen molar-refractivity contribution in [2.24, 2.45) is 0 Å². The molecule has 0 fully saturated rings. The summed E-state index contributed by atoms with van der Waals surface area (Å²) in [6.45, 7) is 1.97. The first-order valence-corrected chi connectivity index (χ1v) is 7.88. The van der Waals surface area contributed by atoms with E-state index in [1.165, 1.54) is 0 Å². The van der Waals surface area contributed by atoms with Crippen LogP contribution in [0.1, 0.15) is 20.9 Å². The van der Waals surface area contributed by atoms with Crippen LogP contribution in [0.2, 0.25) is 0 Å². The van der Waals surface area contributed by atoms with Crippen molar-refractivity contribution >= 4 is 22.9 Å². The van der Waals surface area contributed by atoms with Gasteiger partial charge in [-0.3, -0.25) is 4.79 Å². The molecule has 23 heavy (non-hydrogen) atoms. The molecule has 3 aromatic rings. The van der Waals surface area contributed by atoms with E-state index in [1.807, 2.05) is 42.6 Å². The number of nitrogens with one attached hydrogen (secondary N) is 1. The number of aromatic nitrogens is 1. The van der Waals surface area contributed by atoms with Gasteiger partial charge >= 0.3 is 0 Å². The van der Waals surface area contributed by atoms with E-state index in [0.29, 0.717) is 16.8 Å². The predicted molar refractivity (Wildman–Crippen MR) is 91.4 cm³/mol. The number of rotatable bonds is 3. The summed E-state index contributed by atoms with van der Waals surface area (Å²) in [5.74, 6) is -0.237. The van der Waals surface area contributed by atoms with Gasteiger partial charge in [-0.2, -0.15) is 5.26 Å². The summed E-state index contributed by atoms with van der Waals surface area (Å²) >= 11 is 1.61. The summed E-state index contributed by atoms with van der Waals surface area (Å²) in [6.07, 6.45) is 0. The smallest absolute Gasteiger partial charge is 0.255 e. The molecule has 0 aliphatic carbocycles. The Morgan fingerprint density at radius 2 is 2.00 bits per heavy atom. The average molecular weight is 319 g/mol.